The third kappa shape index (κ3) is 2.61. The Morgan fingerprint density at radius 2 is 2.06 bits per heavy atom. The molecule has 0 aliphatic carbocycles. The summed E-state index contributed by atoms with van der Waals surface area (Å²) in [6.45, 7) is 1.75. The van der Waals surface area contributed by atoms with Crippen molar-refractivity contribution in [1.82, 2.24) is 4.90 Å². The Bertz CT molecular complexity index is 434. The number of hydrogen-bond donors (Lipinski definition) is 0. The first-order valence-corrected chi connectivity index (χ1v) is 6.36. The first-order valence-electron chi connectivity index (χ1n) is 5.48. The lowest BCUT2D eigenvalue weighted by Crippen LogP contribution is -2.45. The molecule has 1 fully saturated rings. The summed E-state index contributed by atoms with van der Waals surface area (Å²) < 4.78 is 0. The van der Waals surface area contributed by atoms with E-state index in [1.807, 2.05) is 6.92 Å². The third-order valence-corrected chi connectivity index (χ3v) is 3.66. The minimum absolute atomic E-state index is 0.0862. The van der Waals surface area contributed by atoms with E-state index < -0.39 is 0 Å². The number of piperidine rings is 1. The molecule has 1 aliphatic heterocycles. The molecule has 1 aromatic heterocycles. The van der Waals surface area contributed by atoms with Gasteiger partial charge < -0.3 is 0 Å². The molecular weight excluding hydrogens is 238 g/mol. The second-order valence-corrected chi connectivity index (χ2v) is 5.24. The summed E-state index contributed by atoms with van der Waals surface area (Å²) in [5.74, 6) is -0.559. The lowest BCUT2D eigenvalue weighted by molar-refractivity contribution is -0.149. The Morgan fingerprint density at radius 1 is 1.41 bits per heavy atom. The van der Waals surface area contributed by atoms with Gasteiger partial charge in [-0.3, -0.25) is 19.3 Å². The van der Waals surface area contributed by atoms with Gasteiger partial charge in [0.05, 0.1) is 11.4 Å². The molecule has 1 aromatic rings. The number of Topliss-reactive ketones (excluding diaryl/α,β-unsaturated/α-hetero) is 1. The van der Waals surface area contributed by atoms with Crippen LogP contribution in [0, 0.1) is 5.92 Å². The smallest absolute Gasteiger partial charge is 0.229 e. The van der Waals surface area contributed by atoms with Gasteiger partial charge in [0.2, 0.25) is 11.8 Å². The molecule has 0 atom stereocenters. The fourth-order valence-electron chi connectivity index (χ4n) is 1.86. The van der Waals surface area contributed by atoms with Crippen molar-refractivity contribution in [3.8, 4) is 0 Å². The Morgan fingerprint density at radius 3 is 2.59 bits per heavy atom. The summed E-state index contributed by atoms with van der Waals surface area (Å²) in [4.78, 5) is 36.8. The molecule has 2 amide bonds. The van der Waals surface area contributed by atoms with Crippen LogP contribution in [0.4, 0.5) is 0 Å². The van der Waals surface area contributed by atoms with Crippen LogP contribution in [0.1, 0.15) is 29.4 Å². The molecule has 17 heavy (non-hydrogen) atoms. The maximum Gasteiger partial charge on any atom is 0.229 e. The van der Waals surface area contributed by atoms with Crippen molar-refractivity contribution in [3.63, 3.8) is 0 Å². The van der Waals surface area contributed by atoms with Crippen LogP contribution in [-0.4, -0.2) is 29.0 Å². The number of ketones is 1. The average molecular weight is 251 g/mol. The number of nitrogens with zero attached hydrogens (tertiary/aromatic N) is 1. The monoisotopic (exact) mass is 251 g/mol. The number of carbonyl (C=O) groups is 3. The lowest BCUT2D eigenvalue weighted by Gasteiger charge is -2.27. The van der Waals surface area contributed by atoms with Gasteiger partial charge in [0.1, 0.15) is 0 Å². The summed E-state index contributed by atoms with van der Waals surface area (Å²) in [6, 6.07) is 3.48. The van der Waals surface area contributed by atoms with Crippen LogP contribution in [0.5, 0.6) is 0 Å². The highest BCUT2D eigenvalue weighted by molar-refractivity contribution is 7.12. The molecule has 5 heteroatoms. The molecule has 0 bridgehead atoms. The van der Waals surface area contributed by atoms with Crippen molar-refractivity contribution >= 4 is 28.9 Å². The van der Waals surface area contributed by atoms with Crippen LogP contribution < -0.4 is 0 Å². The predicted octanol–water partition coefficient (Wildman–Crippen LogP) is 1.72. The minimum Gasteiger partial charge on any atom is -0.291 e. The van der Waals surface area contributed by atoms with Gasteiger partial charge in [-0.05, 0) is 17.4 Å². The van der Waals surface area contributed by atoms with Crippen molar-refractivity contribution in [2.75, 3.05) is 6.54 Å². The quantitative estimate of drug-likeness (QED) is 0.607. The number of likely N-dealkylation sites (tertiary alicyclic amines) is 1. The highest BCUT2D eigenvalue weighted by atomic mass is 32.1. The second kappa shape index (κ2) is 4.79. The summed E-state index contributed by atoms with van der Waals surface area (Å²) in [6.07, 6.45) is 0.701. The lowest BCUT2D eigenvalue weighted by atomic mass is 9.97. The van der Waals surface area contributed by atoms with Crippen molar-refractivity contribution < 1.29 is 14.4 Å². The number of thiophene rings is 1. The number of carbonyl (C=O) groups excluding carboxylic acids is 3. The van der Waals surface area contributed by atoms with Gasteiger partial charge in [-0.15, -0.1) is 11.3 Å². The molecule has 4 nitrogen and oxygen atoms in total. The van der Waals surface area contributed by atoms with Gasteiger partial charge in [0.15, 0.2) is 5.78 Å². The van der Waals surface area contributed by atoms with E-state index in [2.05, 4.69) is 0 Å². The van der Waals surface area contributed by atoms with Gasteiger partial charge in [-0.25, -0.2) is 0 Å². The number of hydrogen-bond acceptors (Lipinski definition) is 4. The number of amides is 2. The van der Waals surface area contributed by atoms with E-state index in [0.717, 1.165) is 4.90 Å². The Labute approximate surface area is 103 Å². The SMILES string of the molecule is CC1CC(=O)N(CC(=O)c2cccs2)C(=O)C1. The van der Waals surface area contributed by atoms with Gasteiger partial charge in [-0.2, -0.15) is 0 Å². The largest absolute Gasteiger partial charge is 0.291 e. The zero-order chi connectivity index (χ0) is 12.4. The van der Waals surface area contributed by atoms with Crippen LogP contribution in [0.15, 0.2) is 17.5 Å². The van der Waals surface area contributed by atoms with Crippen molar-refractivity contribution in [2.24, 2.45) is 5.92 Å². The zero-order valence-electron chi connectivity index (χ0n) is 9.51. The van der Waals surface area contributed by atoms with E-state index in [0.29, 0.717) is 17.7 Å². The third-order valence-electron chi connectivity index (χ3n) is 2.75. The van der Waals surface area contributed by atoms with E-state index in [1.165, 1.54) is 11.3 Å². The molecule has 1 saturated heterocycles. The standard InChI is InChI=1S/C12H13NO3S/c1-8-5-11(15)13(12(16)6-8)7-9(14)10-3-2-4-17-10/h2-4,8H,5-7H2,1H3. The maximum absolute atomic E-state index is 11.8. The van der Waals surface area contributed by atoms with Crippen molar-refractivity contribution in [1.29, 1.82) is 0 Å². The zero-order valence-corrected chi connectivity index (χ0v) is 10.3. The molecule has 0 spiro atoms. The van der Waals surface area contributed by atoms with E-state index in [4.69, 9.17) is 0 Å². The molecule has 0 saturated carbocycles. The van der Waals surface area contributed by atoms with Gasteiger partial charge in [0, 0.05) is 12.8 Å². The minimum atomic E-state index is -0.237. The fraction of sp³-hybridized carbons (Fsp3) is 0.417. The molecular formula is C12H13NO3S. The van der Waals surface area contributed by atoms with Crippen LogP contribution >= 0.6 is 11.3 Å². The van der Waals surface area contributed by atoms with Crippen LogP contribution in [0.25, 0.3) is 0 Å². The van der Waals surface area contributed by atoms with E-state index >= 15 is 0 Å². The fourth-order valence-corrected chi connectivity index (χ4v) is 2.52. The molecule has 0 unspecified atom stereocenters. The number of rotatable bonds is 3. The van der Waals surface area contributed by atoms with Crippen molar-refractivity contribution in [3.05, 3.63) is 22.4 Å². The summed E-state index contributed by atoms with van der Waals surface area (Å²) >= 11 is 1.32. The van der Waals surface area contributed by atoms with Crippen LogP contribution in [0.2, 0.25) is 0 Å². The van der Waals surface area contributed by atoms with Gasteiger partial charge in [0.25, 0.3) is 0 Å². The molecule has 0 aromatic carbocycles. The maximum atomic E-state index is 11.8. The molecule has 0 radical (unpaired) electrons. The summed E-state index contributed by atoms with van der Waals surface area (Å²) in [5.41, 5.74) is 0. The first kappa shape index (κ1) is 12.0. The summed E-state index contributed by atoms with van der Waals surface area (Å²) in [7, 11) is 0. The van der Waals surface area contributed by atoms with Crippen LogP contribution in [-0.2, 0) is 9.59 Å². The normalized spacial score (nSPS) is 17.6. The van der Waals surface area contributed by atoms with E-state index in [-0.39, 0.29) is 30.1 Å². The van der Waals surface area contributed by atoms with Gasteiger partial charge in [-0.1, -0.05) is 13.0 Å². The Balaban J connectivity index is 2.06. The van der Waals surface area contributed by atoms with Gasteiger partial charge >= 0.3 is 0 Å². The Kier molecular flexibility index (Phi) is 3.38. The number of imide groups is 1. The van der Waals surface area contributed by atoms with Crippen molar-refractivity contribution in [2.45, 2.75) is 19.8 Å². The second-order valence-electron chi connectivity index (χ2n) is 4.29. The predicted molar refractivity (Wildman–Crippen MR) is 63.8 cm³/mol. The molecule has 1 aliphatic rings. The average Bonchev–Trinajstić information content (AvgIpc) is 2.76. The van der Waals surface area contributed by atoms with E-state index in [9.17, 15) is 14.4 Å². The highest BCUT2D eigenvalue weighted by Crippen LogP contribution is 2.19. The Hall–Kier alpha value is -1.49. The molecule has 2 heterocycles. The summed E-state index contributed by atoms with van der Waals surface area (Å²) in [5, 5.41) is 1.80. The molecule has 2 rings (SSSR count). The van der Waals surface area contributed by atoms with Crippen LogP contribution in [0.3, 0.4) is 0 Å². The highest BCUT2D eigenvalue weighted by Gasteiger charge is 2.31. The topological polar surface area (TPSA) is 54.5 Å². The first-order chi connectivity index (χ1) is 8.08. The molecule has 90 valence electrons. The molecule has 0 N–H and O–H groups in total. The van der Waals surface area contributed by atoms with E-state index in [1.54, 1.807) is 17.5 Å².